The van der Waals surface area contributed by atoms with E-state index in [1.165, 1.54) is 0 Å². The summed E-state index contributed by atoms with van der Waals surface area (Å²) in [7, 11) is 0. The topological polar surface area (TPSA) is 78.9 Å². The minimum absolute atomic E-state index is 0.113. The van der Waals surface area contributed by atoms with Crippen molar-refractivity contribution in [3.63, 3.8) is 0 Å². The van der Waals surface area contributed by atoms with Crippen molar-refractivity contribution in [2.75, 3.05) is 13.2 Å². The van der Waals surface area contributed by atoms with Gasteiger partial charge in [0, 0.05) is 12.8 Å². The van der Waals surface area contributed by atoms with E-state index in [0.717, 1.165) is 96.3 Å². The molecule has 0 aliphatic carbocycles. The van der Waals surface area contributed by atoms with Crippen LogP contribution in [0.5, 0.6) is 0 Å². The first-order valence-corrected chi connectivity index (χ1v) is 21.2. The quantitative estimate of drug-likeness (QED) is 0.0210. The molecule has 0 rings (SSSR count). The molecule has 0 aromatic rings. The number of unbranched alkanes of at least 4 members (excludes halogenated alkanes) is 6. The van der Waals surface area contributed by atoms with E-state index in [0.29, 0.717) is 12.8 Å². The molecule has 6 nitrogen and oxygen atoms in total. The fourth-order valence-electron chi connectivity index (χ4n) is 4.91. The molecule has 0 aromatic heterocycles. The fraction of sp³-hybridized carbons (Fsp3) is 0.500. The summed E-state index contributed by atoms with van der Waals surface area (Å²) in [5.74, 6) is -1.16. The van der Waals surface area contributed by atoms with Gasteiger partial charge in [0.1, 0.15) is 13.2 Å². The summed E-state index contributed by atoms with van der Waals surface area (Å²) < 4.78 is 16.5. The fourth-order valence-corrected chi connectivity index (χ4v) is 4.91. The standard InChI is InChI=1S/C50H74O6/c1-4-7-10-13-16-19-21-23-24-25-27-28-31-34-37-40-43-49(52)55-46-47(45-54-48(51)42-39-36-33-30-18-15-12-9-6-3)56-50(53)44-41-38-35-32-29-26-22-20-17-14-11-8-5-2/h7-12,14,16-20,22-24,26-30,36,39,47H,4-6,13,15,21,25,31-35,37-38,40-46H2,1-3H3/b10-7-,11-8-,12-9-,17-14-,19-16-,22-20-,24-23-,28-27-,29-26-,30-18-,39-36-. The lowest BCUT2D eigenvalue weighted by atomic mass is 10.1. The summed E-state index contributed by atoms with van der Waals surface area (Å²) in [6.45, 7) is 6.05. The highest BCUT2D eigenvalue weighted by Gasteiger charge is 2.19. The number of carbonyl (C=O) groups is 3. The summed E-state index contributed by atoms with van der Waals surface area (Å²) in [6, 6.07) is 0. The Labute approximate surface area is 341 Å². The van der Waals surface area contributed by atoms with Gasteiger partial charge in [-0.2, -0.15) is 0 Å². The van der Waals surface area contributed by atoms with Gasteiger partial charge in [-0.3, -0.25) is 14.4 Å². The minimum Gasteiger partial charge on any atom is -0.462 e. The van der Waals surface area contributed by atoms with Crippen LogP contribution in [0.25, 0.3) is 0 Å². The maximum Gasteiger partial charge on any atom is 0.309 e. The van der Waals surface area contributed by atoms with E-state index in [1.807, 2.05) is 42.5 Å². The van der Waals surface area contributed by atoms with Gasteiger partial charge >= 0.3 is 17.9 Å². The maximum atomic E-state index is 12.7. The number of carbonyl (C=O) groups excluding carboxylic acids is 3. The van der Waals surface area contributed by atoms with Gasteiger partial charge in [0.2, 0.25) is 0 Å². The third-order valence-corrected chi connectivity index (χ3v) is 8.01. The highest BCUT2D eigenvalue weighted by atomic mass is 16.6. The molecule has 0 amide bonds. The van der Waals surface area contributed by atoms with Crippen LogP contribution in [-0.2, 0) is 28.6 Å². The number of hydrogen-bond acceptors (Lipinski definition) is 6. The lowest BCUT2D eigenvalue weighted by molar-refractivity contribution is -0.166. The predicted molar refractivity (Wildman–Crippen MR) is 237 cm³/mol. The first-order valence-electron chi connectivity index (χ1n) is 21.2. The molecule has 1 unspecified atom stereocenters. The Kier molecular flexibility index (Phi) is 39.8. The Balaban J connectivity index is 4.59. The molecule has 0 bridgehead atoms. The van der Waals surface area contributed by atoms with Crippen molar-refractivity contribution in [1.29, 1.82) is 0 Å². The number of ether oxygens (including phenoxy) is 3. The van der Waals surface area contributed by atoms with Crippen LogP contribution in [0, 0.1) is 0 Å². The molecule has 0 aliphatic rings. The Morgan fingerprint density at radius 1 is 0.393 bits per heavy atom. The summed E-state index contributed by atoms with van der Waals surface area (Å²) >= 11 is 0. The van der Waals surface area contributed by atoms with Crippen molar-refractivity contribution in [2.24, 2.45) is 0 Å². The molecule has 0 fully saturated rings. The smallest absolute Gasteiger partial charge is 0.309 e. The predicted octanol–water partition coefficient (Wildman–Crippen LogP) is 13.6. The van der Waals surface area contributed by atoms with E-state index in [2.05, 4.69) is 106 Å². The zero-order valence-electron chi connectivity index (χ0n) is 35.1. The lowest BCUT2D eigenvalue weighted by Crippen LogP contribution is -2.30. The number of hydrogen-bond donors (Lipinski definition) is 0. The van der Waals surface area contributed by atoms with E-state index in [4.69, 9.17) is 14.2 Å². The van der Waals surface area contributed by atoms with Crippen LogP contribution in [0.15, 0.2) is 134 Å². The van der Waals surface area contributed by atoms with Crippen LogP contribution in [0.2, 0.25) is 0 Å². The van der Waals surface area contributed by atoms with Crippen molar-refractivity contribution in [1.82, 2.24) is 0 Å². The van der Waals surface area contributed by atoms with Crippen molar-refractivity contribution < 1.29 is 28.6 Å². The molecule has 0 spiro atoms. The third-order valence-electron chi connectivity index (χ3n) is 8.01. The normalized spacial score (nSPS) is 13.4. The largest absolute Gasteiger partial charge is 0.462 e. The van der Waals surface area contributed by atoms with Crippen molar-refractivity contribution in [2.45, 2.75) is 149 Å². The van der Waals surface area contributed by atoms with E-state index in [9.17, 15) is 14.4 Å². The Hall–Kier alpha value is -4.45. The summed E-state index contributed by atoms with van der Waals surface area (Å²) in [5, 5.41) is 0. The molecular weight excluding hydrogens is 697 g/mol. The zero-order chi connectivity index (χ0) is 40.8. The molecule has 0 saturated heterocycles. The van der Waals surface area contributed by atoms with Gasteiger partial charge < -0.3 is 14.2 Å². The van der Waals surface area contributed by atoms with Crippen LogP contribution in [0.3, 0.4) is 0 Å². The van der Waals surface area contributed by atoms with Gasteiger partial charge in [0.05, 0.1) is 6.42 Å². The molecule has 0 aliphatic heterocycles. The second kappa shape index (κ2) is 43.3. The van der Waals surface area contributed by atoms with E-state index < -0.39 is 12.1 Å². The third kappa shape index (κ3) is 40.7. The van der Waals surface area contributed by atoms with Crippen LogP contribution in [0.1, 0.15) is 143 Å². The van der Waals surface area contributed by atoms with E-state index in [1.54, 1.807) is 6.08 Å². The molecule has 0 heterocycles. The van der Waals surface area contributed by atoms with E-state index in [-0.39, 0.29) is 38.0 Å². The molecule has 310 valence electrons. The van der Waals surface area contributed by atoms with Gasteiger partial charge in [-0.15, -0.1) is 0 Å². The number of esters is 3. The summed E-state index contributed by atoms with van der Waals surface area (Å²) in [6.07, 6.45) is 60.4. The maximum absolute atomic E-state index is 12.7. The van der Waals surface area contributed by atoms with Crippen LogP contribution < -0.4 is 0 Å². The van der Waals surface area contributed by atoms with Crippen molar-refractivity contribution in [3.05, 3.63) is 134 Å². The van der Waals surface area contributed by atoms with Crippen LogP contribution >= 0.6 is 0 Å². The molecule has 0 saturated carbocycles. The second-order valence-electron chi connectivity index (χ2n) is 13.2. The van der Waals surface area contributed by atoms with Crippen molar-refractivity contribution >= 4 is 17.9 Å². The molecule has 56 heavy (non-hydrogen) atoms. The van der Waals surface area contributed by atoms with Crippen molar-refractivity contribution in [3.8, 4) is 0 Å². The zero-order valence-corrected chi connectivity index (χ0v) is 35.1. The minimum atomic E-state index is -0.849. The lowest BCUT2D eigenvalue weighted by Gasteiger charge is -2.18. The SMILES string of the molecule is CC\C=C/C=C\C=C/C=C\CCCCCC(=O)OC(COC(=O)C/C=C\C/C=C\C/C=C\CC)COC(=O)CCCCC/C=C\C/C=C\C/C=C\C/C=C\CC. The van der Waals surface area contributed by atoms with E-state index >= 15 is 0 Å². The number of allylic oxidation sites excluding steroid dienone is 21. The first-order chi connectivity index (χ1) is 27.5. The molecule has 6 heteroatoms. The Bertz CT molecular complexity index is 1300. The molecule has 0 aromatic carbocycles. The monoisotopic (exact) mass is 771 g/mol. The number of rotatable bonds is 35. The highest BCUT2D eigenvalue weighted by molar-refractivity contribution is 5.72. The summed E-state index contributed by atoms with van der Waals surface area (Å²) in [4.78, 5) is 37.5. The molecular formula is C50H74O6. The highest BCUT2D eigenvalue weighted by Crippen LogP contribution is 2.10. The first kappa shape index (κ1) is 51.5. The average molecular weight is 771 g/mol. The molecule has 1 atom stereocenters. The molecule has 0 N–H and O–H groups in total. The average Bonchev–Trinajstić information content (AvgIpc) is 3.19. The van der Waals surface area contributed by atoms with Gasteiger partial charge in [-0.25, -0.2) is 0 Å². The summed E-state index contributed by atoms with van der Waals surface area (Å²) in [5.41, 5.74) is 0. The van der Waals surface area contributed by atoms with Crippen LogP contribution in [-0.4, -0.2) is 37.2 Å². The molecule has 0 radical (unpaired) electrons. The Morgan fingerprint density at radius 2 is 0.804 bits per heavy atom. The van der Waals surface area contributed by atoms with Gasteiger partial charge in [0.25, 0.3) is 0 Å². The van der Waals surface area contributed by atoms with Gasteiger partial charge in [-0.05, 0) is 89.9 Å². The Morgan fingerprint density at radius 3 is 1.34 bits per heavy atom. The second-order valence-corrected chi connectivity index (χ2v) is 13.2. The van der Waals surface area contributed by atoms with Crippen LogP contribution in [0.4, 0.5) is 0 Å². The van der Waals surface area contributed by atoms with Gasteiger partial charge in [0.15, 0.2) is 6.10 Å². The van der Waals surface area contributed by atoms with Gasteiger partial charge in [-0.1, -0.05) is 167 Å².